The van der Waals surface area contributed by atoms with Gasteiger partial charge in [-0.25, -0.2) is 4.79 Å². The van der Waals surface area contributed by atoms with Crippen molar-refractivity contribution in [2.75, 3.05) is 0 Å². The van der Waals surface area contributed by atoms with Crippen molar-refractivity contribution in [2.45, 2.75) is 26.2 Å². The number of fused-ring (bicyclic) bond motifs is 1. The van der Waals surface area contributed by atoms with Gasteiger partial charge in [0.15, 0.2) is 0 Å². The zero-order chi connectivity index (χ0) is 16.4. The molecule has 0 saturated heterocycles. The summed E-state index contributed by atoms with van der Waals surface area (Å²) in [5.74, 6) is -1.11. The minimum atomic E-state index is -1.09. The van der Waals surface area contributed by atoms with E-state index in [1.54, 1.807) is 32.2 Å². The topological polar surface area (TPSA) is 81.4 Å². The number of carbonyl (C=O) groups is 1. The van der Waals surface area contributed by atoms with Crippen LogP contribution in [0.4, 0.5) is 0 Å². The van der Waals surface area contributed by atoms with Gasteiger partial charge in [-0.2, -0.15) is 5.26 Å². The number of ether oxygens (including phenoxy) is 3. The van der Waals surface area contributed by atoms with Crippen molar-refractivity contribution in [1.82, 2.24) is 4.98 Å². The van der Waals surface area contributed by atoms with Gasteiger partial charge in [-0.3, -0.25) is 4.98 Å². The van der Waals surface area contributed by atoms with Crippen molar-refractivity contribution in [3.63, 3.8) is 0 Å². The van der Waals surface area contributed by atoms with E-state index in [4.69, 9.17) is 19.5 Å². The summed E-state index contributed by atoms with van der Waals surface area (Å²) >= 11 is 0. The fourth-order valence-corrected chi connectivity index (χ4v) is 2.25. The summed E-state index contributed by atoms with van der Waals surface area (Å²) in [5, 5.41) is 9.16. The van der Waals surface area contributed by atoms with Gasteiger partial charge in [0.05, 0.1) is 17.3 Å². The Kier molecular flexibility index (Phi) is 3.62. The van der Waals surface area contributed by atoms with Crippen molar-refractivity contribution in [3.05, 3.63) is 53.3 Å². The Morgan fingerprint density at radius 3 is 2.83 bits per heavy atom. The minimum absolute atomic E-state index is 0.166. The van der Waals surface area contributed by atoms with Crippen LogP contribution in [0, 0.1) is 11.3 Å². The molecule has 116 valence electrons. The first-order valence-electron chi connectivity index (χ1n) is 7.02. The van der Waals surface area contributed by atoms with E-state index in [0.29, 0.717) is 11.3 Å². The first-order chi connectivity index (χ1) is 11.0. The molecule has 23 heavy (non-hydrogen) atoms. The number of cyclic esters (lactones) is 1. The van der Waals surface area contributed by atoms with Crippen molar-refractivity contribution < 1.29 is 19.0 Å². The highest BCUT2D eigenvalue weighted by molar-refractivity contribution is 5.97. The zero-order valence-electron chi connectivity index (χ0n) is 12.7. The van der Waals surface area contributed by atoms with Crippen LogP contribution >= 0.6 is 0 Å². The minimum Gasteiger partial charge on any atom is -0.486 e. The quantitative estimate of drug-likeness (QED) is 0.811. The zero-order valence-corrected chi connectivity index (χ0v) is 12.7. The first kappa shape index (κ1) is 14.9. The van der Waals surface area contributed by atoms with Gasteiger partial charge < -0.3 is 14.2 Å². The van der Waals surface area contributed by atoms with E-state index in [-0.39, 0.29) is 23.7 Å². The number of carbonyl (C=O) groups excluding carboxylic acids is 1. The summed E-state index contributed by atoms with van der Waals surface area (Å²) in [6.45, 7) is 3.42. The highest BCUT2D eigenvalue weighted by Crippen LogP contribution is 2.38. The van der Waals surface area contributed by atoms with Crippen LogP contribution in [0.2, 0.25) is 0 Å². The molecular weight excluding hydrogens is 296 g/mol. The summed E-state index contributed by atoms with van der Waals surface area (Å²) in [5.41, 5.74) is 1.22. The van der Waals surface area contributed by atoms with Crippen molar-refractivity contribution >= 4 is 5.97 Å². The van der Waals surface area contributed by atoms with Gasteiger partial charge in [0.2, 0.25) is 5.79 Å². The standard InChI is InChI=1S/C17H14N2O4/c1-17(2)22-14-8-11(9-18)7-13(15(14)16(20)23-17)21-10-12-5-3-4-6-19-12/h3-8H,10H2,1-2H3. The molecule has 1 aliphatic heterocycles. The maximum Gasteiger partial charge on any atom is 0.349 e. The monoisotopic (exact) mass is 310 g/mol. The normalized spacial score (nSPS) is 14.9. The molecule has 2 heterocycles. The van der Waals surface area contributed by atoms with E-state index in [9.17, 15) is 4.79 Å². The van der Waals surface area contributed by atoms with Crippen molar-refractivity contribution in [2.24, 2.45) is 0 Å². The van der Waals surface area contributed by atoms with E-state index in [1.807, 2.05) is 12.1 Å². The van der Waals surface area contributed by atoms with Crippen molar-refractivity contribution in [3.8, 4) is 17.6 Å². The third-order valence-corrected chi connectivity index (χ3v) is 3.20. The number of nitriles is 1. The highest BCUT2D eigenvalue weighted by Gasteiger charge is 2.36. The molecule has 0 atom stereocenters. The average Bonchev–Trinajstić information content (AvgIpc) is 2.51. The second kappa shape index (κ2) is 5.61. The van der Waals surface area contributed by atoms with Crippen LogP contribution in [-0.2, 0) is 11.3 Å². The van der Waals surface area contributed by atoms with Gasteiger partial charge >= 0.3 is 5.97 Å². The van der Waals surface area contributed by atoms with Gasteiger partial charge in [-0.1, -0.05) is 6.07 Å². The lowest BCUT2D eigenvalue weighted by Gasteiger charge is -2.32. The van der Waals surface area contributed by atoms with Crippen LogP contribution in [0.3, 0.4) is 0 Å². The molecule has 0 unspecified atom stereocenters. The van der Waals surface area contributed by atoms with Gasteiger partial charge in [0, 0.05) is 20.0 Å². The first-order valence-corrected chi connectivity index (χ1v) is 7.02. The molecule has 6 nitrogen and oxygen atoms in total. The molecule has 0 spiro atoms. The molecule has 1 aromatic carbocycles. The molecule has 0 bridgehead atoms. The molecule has 0 N–H and O–H groups in total. The van der Waals surface area contributed by atoms with Crippen LogP contribution in [-0.4, -0.2) is 16.7 Å². The number of esters is 1. The van der Waals surface area contributed by atoms with Gasteiger partial charge in [-0.15, -0.1) is 0 Å². The molecule has 0 aliphatic carbocycles. The maximum absolute atomic E-state index is 12.3. The Hall–Kier alpha value is -3.07. The Labute approximate surface area is 133 Å². The number of aromatic nitrogens is 1. The summed E-state index contributed by atoms with van der Waals surface area (Å²) in [6.07, 6.45) is 1.65. The van der Waals surface area contributed by atoms with Gasteiger partial charge in [0.1, 0.15) is 23.7 Å². The van der Waals surface area contributed by atoms with E-state index >= 15 is 0 Å². The molecule has 6 heteroatoms. The maximum atomic E-state index is 12.3. The van der Waals surface area contributed by atoms with E-state index in [1.165, 1.54) is 12.1 Å². The lowest BCUT2D eigenvalue weighted by atomic mass is 10.1. The van der Waals surface area contributed by atoms with Crippen molar-refractivity contribution in [1.29, 1.82) is 5.26 Å². The summed E-state index contributed by atoms with van der Waals surface area (Å²) in [7, 11) is 0. The fourth-order valence-electron chi connectivity index (χ4n) is 2.25. The highest BCUT2D eigenvalue weighted by atomic mass is 16.7. The van der Waals surface area contributed by atoms with Crippen LogP contribution in [0.25, 0.3) is 0 Å². The summed E-state index contributed by atoms with van der Waals surface area (Å²) in [6, 6.07) is 10.5. The van der Waals surface area contributed by atoms with E-state index in [0.717, 1.165) is 0 Å². The fraction of sp³-hybridized carbons (Fsp3) is 0.235. The smallest absolute Gasteiger partial charge is 0.349 e. The number of rotatable bonds is 3. The predicted octanol–water partition coefficient (Wildman–Crippen LogP) is 2.82. The molecule has 0 saturated carbocycles. The SMILES string of the molecule is CC1(C)OC(=O)c2c(OCc3ccccn3)cc(C#N)cc2O1. The Morgan fingerprint density at radius 2 is 2.13 bits per heavy atom. The largest absolute Gasteiger partial charge is 0.486 e. The number of benzene rings is 1. The second-order valence-electron chi connectivity index (χ2n) is 5.46. The third-order valence-electron chi connectivity index (χ3n) is 3.20. The Morgan fingerprint density at radius 1 is 1.30 bits per heavy atom. The Balaban J connectivity index is 1.97. The average molecular weight is 310 g/mol. The number of pyridine rings is 1. The lowest BCUT2D eigenvalue weighted by molar-refractivity contribution is -0.127. The molecule has 2 aromatic rings. The molecule has 1 aromatic heterocycles. The molecule has 0 radical (unpaired) electrons. The molecule has 3 rings (SSSR count). The molecule has 1 aliphatic rings. The van der Waals surface area contributed by atoms with Crippen LogP contribution in [0.15, 0.2) is 36.5 Å². The van der Waals surface area contributed by atoms with Crippen LogP contribution in [0.5, 0.6) is 11.5 Å². The summed E-state index contributed by atoms with van der Waals surface area (Å²) < 4.78 is 16.5. The predicted molar refractivity (Wildman–Crippen MR) is 79.8 cm³/mol. The molecular formula is C17H14N2O4. The number of hydrogen-bond acceptors (Lipinski definition) is 6. The van der Waals surface area contributed by atoms with Gasteiger partial charge in [-0.05, 0) is 24.3 Å². The van der Waals surface area contributed by atoms with E-state index < -0.39 is 11.8 Å². The molecule has 0 fully saturated rings. The van der Waals surface area contributed by atoms with Crippen LogP contribution < -0.4 is 9.47 Å². The second-order valence-corrected chi connectivity index (χ2v) is 5.46. The van der Waals surface area contributed by atoms with Crippen LogP contribution in [0.1, 0.15) is 35.5 Å². The third kappa shape index (κ3) is 3.09. The van der Waals surface area contributed by atoms with E-state index in [2.05, 4.69) is 4.98 Å². The molecule has 0 amide bonds. The Bertz CT molecular complexity index is 794. The number of nitrogens with zero attached hydrogens (tertiary/aromatic N) is 2. The number of hydrogen-bond donors (Lipinski definition) is 0. The summed E-state index contributed by atoms with van der Waals surface area (Å²) in [4.78, 5) is 16.4. The lowest BCUT2D eigenvalue weighted by Crippen LogP contribution is -2.39. The van der Waals surface area contributed by atoms with Gasteiger partial charge in [0.25, 0.3) is 0 Å².